The van der Waals surface area contributed by atoms with Crippen LogP contribution in [0.2, 0.25) is 0 Å². The number of hydrogen-bond donors (Lipinski definition) is 1. The summed E-state index contributed by atoms with van der Waals surface area (Å²) in [4.78, 5) is 0. The first-order valence-corrected chi connectivity index (χ1v) is 3.28. The summed E-state index contributed by atoms with van der Waals surface area (Å²) in [5.74, 6) is 0. The van der Waals surface area contributed by atoms with E-state index in [9.17, 15) is 8.78 Å². The average Bonchev–Trinajstić information content (AvgIpc) is 1.85. The predicted molar refractivity (Wildman–Crippen MR) is 46.5 cm³/mol. The van der Waals surface area contributed by atoms with E-state index in [1.807, 2.05) is 0 Å². The summed E-state index contributed by atoms with van der Waals surface area (Å²) >= 11 is 0. The summed E-state index contributed by atoms with van der Waals surface area (Å²) < 4.78 is 24.4. The first-order valence-electron chi connectivity index (χ1n) is 3.28. The minimum Gasteiger partial charge on any atom is -0.272 e. The van der Waals surface area contributed by atoms with E-state index in [-0.39, 0.29) is 12.4 Å². The first kappa shape index (κ1) is 11.3. The van der Waals surface area contributed by atoms with Crippen LogP contribution in [0, 0.1) is 0 Å². The SMILES string of the molecule is Cl.NC(F)(F)Cc1ccccc1. The Bertz CT molecular complexity index is 220. The first-order chi connectivity index (χ1) is 5.08. The molecule has 2 N–H and O–H groups in total. The van der Waals surface area contributed by atoms with Crippen molar-refractivity contribution in [1.29, 1.82) is 0 Å². The number of alkyl halides is 2. The number of nitrogens with two attached hydrogens (primary N) is 1. The van der Waals surface area contributed by atoms with Crippen LogP contribution in [0.5, 0.6) is 0 Å². The van der Waals surface area contributed by atoms with Gasteiger partial charge in [-0.25, -0.2) is 0 Å². The fourth-order valence-electron chi connectivity index (χ4n) is 0.868. The van der Waals surface area contributed by atoms with E-state index in [0.29, 0.717) is 5.56 Å². The molecule has 0 atom stereocenters. The maximum Gasteiger partial charge on any atom is 0.304 e. The summed E-state index contributed by atoms with van der Waals surface area (Å²) in [5.41, 5.74) is 5.09. The quantitative estimate of drug-likeness (QED) is 0.716. The zero-order valence-corrected chi connectivity index (χ0v) is 7.15. The minimum atomic E-state index is -3.10. The Morgan fingerprint density at radius 3 is 2.08 bits per heavy atom. The molecule has 0 saturated carbocycles. The second kappa shape index (κ2) is 4.38. The molecule has 0 aromatic heterocycles. The van der Waals surface area contributed by atoms with Crippen LogP contribution in [0.4, 0.5) is 8.78 Å². The van der Waals surface area contributed by atoms with Gasteiger partial charge in [-0.3, -0.25) is 5.73 Å². The van der Waals surface area contributed by atoms with E-state index < -0.39 is 12.5 Å². The highest BCUT2D eigenvalue weighted by atomic mass is 35.5. The van der Waals surface area contributed by atoms with Crippen LogP contribution in [0.15, 0.2) is 30.3 Å². The molecule has 4 heteroatoms. The molecule has 0 bridgehead atoms. The highest BCUT2D eigenvalue weighted by Gasteiger charge is 2.21. The fraction of sp³-hybridized carbons (Fsp3) is 0.250. The molecular weight excluding hydrogens is 184 g/mol. The molecule has 12 heavy (non-hydrogen) atoms. The lowest BCUT2D eigenvalue weighted by Gasteiger charge is -2.08. The van der Waals surface area contributed by atoms with Gasteiger partial charge in [0.05, 0.1) is 6.42 Å². The number of rotatable bonds is 2. The number of benzene rings is 1. The summed E-state index contributed by atoms with van der Waals surface area (Å²) in [6.45, 7) is 0. The van der Waals surface area contributed by atoms with Crippen molar-refractivity contribution in [2.24, 2.45) is 5.73 Å². The van der Waals surface area contributed by atoms with Gasteiger partial charge in [0.1, 0.15) is 0 Å². The highest BCUT2D eigenvalue weighted by molar-refractivity contribution is 5.85. The van der Waals surface area contributed by atoms with Crippen molar-refractivity contribution < 1.29 is 8.78 Å². The number of hydrogen-bond acceptors (Lipinski definition) is 1. The predicted octanol–water partition coefficient (Wildman–Crippen LogP) is 2.20. The molecule has 0 aliphatic carbocycles. The normalized spacial score (nSPS) is 10.6. The standard InChI is InChI=1S/C8H9F2N.ClH/c9-8(10,11)6-7-4-2-1-3-5-7;/h1-5H,6,11H2;1H. The van der Waals surface area contributed by atoms with Crippen molar-refractivity contribution >= 4 is 12.4 Å². The molecule has 0 unspecified atom stereocenters. The van der Waals surface area contributed by atoms with Crippen molar-refractivity contribution in [1.82, 2.24) is 0 Å². The van der Waals surface area contributed by atoms with Crippen molar-refractivity contribution in [2.75, 3.05) is 0 Å². The van der Waals surface area contributed by atoms with Gasteiger partial charge in [-0.1, -0.05) is 30.3 Å². The van der Waals surface area contributed by atoms with E-state index in [4.69, 9.17) is 0 Å². The molecule has 0 saturated heterocycles. The maximum atomic E-state index is 12.2. The van der Waals surface area contributed by atoms with Gasteiger partial charge in [-0.2, -0.15) is 8.78 Å². The van der Waals surface area contributed by atoms with E-state index >= 15 is 0 Å². The van der Waals surface area contributed by atoms with E-state index in [1.165, 1.54) is 0 Å². The second-order valence-corrected chi connectivity index (χ2v) is 2.42. The topological polar surface area (TPSA) is 26.0 Å². The molecule has 0 heterocycles. The molecule has 1 aromatic rings. The van der Waals surface area contributed by atoms with Gasteiger partial charge < -0.3 is 0 Å². The third-order valence-corrected chi connectivity index (χ3v) is 1.28. The Morgan fingerprint density at radius 2 is 1.67 bits per heavy atom. The highest BCUT2D eigenvalue weighted by Crippen LogP contribution is 2.12. The summed E-state index contributed by atoms with van der Waals surface area (Å²) in [6, 6.07) is 5.35. The van der Waals surface area contributed by atoms with Crippen molar-refractivity contribution in [3.05, 3.63) is 35.9 Å². The van der Waals surface area contributed by atoms with Gasteiger partial charge in [0.15, 0.2) is 0 Å². The van der Waals surface area contributed by atoms with Gasteiger partial charge in [0.25, 0.3) is 0 Å². The molecule has 1 aromatic carbocycles. The van der Waals surface area contributed by atoms with Crippen LogP contribution in [0.3, 0.4) is 0 Å². The fourth-order valence-corrected chi connectivity index (χ4v) is 0.868. The summed E-state index contributed by atoms with van der Waals surface area (Å²) in [5, 5.41) is 0. The summed E-state index contributed by atoms with van der Waals surface area (Å²) in [7, 11) is 0. The van der Waals surface area contributed by atoms with Gasteiger partial charge in [0.2, 0.25) is 0 Å². The lowest BCUT2D eigenvalue weighted by Crippen LogP contribution is -2.30. The zero-order chi connectivity index (χ0) is 8.32. The van der Waals surface area contributed by atoms with Crippen molar-refractivity contribution in [2.45, 2.75) is 12.5 Å². The third kappa shape index (κ3) is 4.26. The van der Waals surface area contributed by atoms with Crippen LogP contribution in [-0.4, -0.2) is 6.05 Å². The molecule has 0 aliphatic rings. The number of halogens is 3. The Balaban J connectivity index is 0.00000121. The van der Waals surface area contributed by atoms with Crippen LogP contribution in [0.1, 0.15) is 5.56 Å². The zero-order valence-electron chi connectivity index (χ0n) is 6.34. The molecule has 1 rings (SSSR count). The third-order valence-electron chi connectivity index (χ3n) is 1.28. The maximum absolute atomic E-state index is 12.2. The molecule has 0 amide bonds. The monoisotopic (exact) mass is 193 g/mol. The minimum absolute atomic E-state index is 0. The molecule has 68 valence electrons. The Labute approximate surface area is 76.0 Å². The van der Waals surface area contributed by atoms with E-state index in [0.717, 1.165) is 0 Å². The van der Waals surface area contributed by atoms with E-state index in [2.05, 4.69) is 5.73 Å². The molecule has 1 nitrogen and oxygen atoms in total. The van der Waals surface area contributed by atoms with Gasteiger partial charge in [-0.05, 0) is 5.56 Å². The molecular formula is C8H10ClF2N. The van der Waals surface area contributed by atoms with Gasteiger partial charge >= 0.3 is 6.05 Å². The molecule has 0 radical (unpaired) electrons. The van der Waals surface area contributed by atoms with Gasteiger partial charge in [-0.15, -0.1) is 12.4 Å². The van der Waals surface area contributed by atoms with Crippen LogP contribution < -0.4 is 5.73 Å². The smallest absolute Gasteiger partial charge is 0.272 e. The average molecular weight is 194 g/mol. The summed E-state index contributed by atoms with van der Waals surface area (Å²) in [6.07, 6.45) is -0.395. The van der Waals surface area contributed by atoms with Crippen molar-refractivity contribution in [3.63, 3.8) is 0 Å². The second-order valence-electron chi connectivity index (χ2n) is 2.42. The lowest BCUT2D eigenvalue weighted by atomic mass is 10.1. The Hall–Kier alpha value is -0.670. The van der Waals surface area contributed by atoms with Crippen LogP contribution in [-0.2, 0) is 6.42 Å². The van der Waals surface area contributed by atoms with Crippen molar-refractivity contribution in [3.8, 4) is 0 Å². The Kier molecular flexibility index (Phi) is 4.13. The lowest BCUT2D eigenvalue weighted by molar-refractivity contribution is 0.00872. The molecule has 0 fully saturated rings. The molecule has 0 spiro atoms. The Morgan fingerprint density at radius 1 is 1.17 bits per heavy atom. The van der Waals surface area contributed by atoms with Gasteiger partial charge in [0, 0.05) is 0 Å². The van der Waals surface area contributed by atoms with Crippen LogP contribution >= 0.6 is 12.4 Å². The molecule has 0 aliphatic heterocycles. The van der Waals surface area contributed by atoms with Crippen LogP contribution in [0.25, 0.3) is 0 Å². The van der Waals surface area contributed by atoms with E-state index in [1.54, 1.807) is 30.3 Å². The largest absolute Gasteiger partial charge is 0.304 e.